The fourth-order valence-electron chi connectivity index (χ4n) is 5.92. The molecule has 6 heterocycles. The van der Waals surface area contributed by atoms with Crippen LogP contribution in [-0.2, 0) is 10.0 Å². The SMILES string of the molecule is COc1ccc(-c2cc3c(N[C@H](C)C(C)(C)CN)c(C(N)=O)cnn3c2)cn1.COc1ccc(-c2cc3c(N[C@H](C)C(C)(C)CNS(C)(=O)=O)c(C(N)=O)cnn3c2)cn1. The number of anilines is 2. The third kappa shape index (κ3) is 10.3. The molecule has 19 heteroatoms. The van der Waals surface area contributed by atoms with Crippen LogP contribution in [0.4, 0.5) is 11.4 Å². The molecule has 320 valence electrons. The number of carbonyl (C=O) groups is 2. The van der Waals surface area contributed by atoms with Crippen molar-refractivity contribution in [2.24, 2.45) is 28.0 Å². The minimum absolute atomic E-state index is 0.00260. The number of fused-ring (bicyclic) bond motifs is 2. The molecule has 0 bridgehead atoms. The summed E-state index contributed by atoms with van der Waals surface area (Å²) in [5, 5.41) is 15.5. The smallest absolute Gasteiger partial charge is 0.252 e. The molecule has 6 rings (SSSR count). The number of aromatic nitrogens is 6. The number of sulfonamides is 1. The number of hydrogen-bond donors (Lipinski definition) is 6. The summed E-state index contributed by atoms with van der Waals surface area (Å²) in [6.45, 7) is 12.7. The van der Waals surface area contributed by atoms with Crippen molar-refractivity contribution in [3.63, 3.8) is 0 Å². The highest BCUT2D eigenvalue weighted by atomic mass is 32.2. The second-order valence-corrected chi connectivity index (χ2v) is 17.7. The third-order valence-corrected chi connectivity index (χ3v) is 11.4. The first-order valence-corrected chi connectivity index (χ1v) is 20.9. The molecule has 0 radical (unpaired) electrons. The molecular formula is C41H54N12O6S. The van der Waals surface area contributed by atoms with E-state index in [1.807, 2.05) is 64.4 Å². The average molecular weight is 843 g/mol. The minimum atomic E-state index is -3.33. The second kappa shape index (κ2) is 17.9. The number of amides is 2. The van der Waals surface area contributed by atoms with Gasteiger partial charge in [0.05, 0.1) is 66.4 Å². The average Bonchev–Trinajstić information content (AvgIpc) is 3.86. The fourth-order valence-corrected chi connectivity index (χ4v) is 6.55. The standard InChI is InChI=1S/C21H28N6O4S.C20H26N6O2/c1-13(21(2,3)12-25-32(5,29)30)26-19-16(20(22)28)10-24-27-11-15(8-17(19)27)14-6-7-18(31-4)23-9-14;1-12(20(2,3)11-21)25-18-15(19(22)27)9-24-26-10-14(7-16(18)26)13-5-6-17(28-4)23-8-13/h6-11,13,25-26H,12H2,1-5H3,(H2,22,28);5-10,12,25H,11,21H2,1-4H3,(H2,22,27)/t13-;12-/m11/s1. The Kier molecular flexibility index (Phi) is 13.4. The van der Waals surface area contributed by atoms with Gasteiger partial charge in [0, 0.05) is 77.8 Å². The zero-order valence-electron chi connectivity index (χ0n) is 35.3. The van der Waals surface area contributed by atoms with Crippen LogP contribution in [0.3, 0.4) is 0 Å². The van der Waals surface area contributed by atoms with Crippen LogP contribution >= 0.6 is 0 Å². The quantitative estimate of drug-likeness (QED) is 0.0801. The molecule has 2 atom stereocenters. The Morgan fingerprint density at radius 2 is 1.13 bits per heavy atom. The fraction of sp³-hybridized carbons (Fsp3) is 0.366. The van der Waals surface area contributed by atoms with Crippen molar-refractivity contribution in [1.29, 1.82) is 0 Å². The molecule has 0 spiro atoms. The molecule has 9 N–H and O–H groups in total. The normalized spacial score (nSPS) is 13.0. The lowest BCUT2D eigenvalue weighted by Gasteiger charge is -2.33. The summed E-state index contributed by atoms with van der Waals surface area (Å²) in [6.07, 6.45) is 11.2. The van der Waals surface area contributed by atoms with E-state index in [9.17, 15) is 18.0 Å². The number of carbonyl (C=O) groups excluding carboxylic acids is 2. The van der Waals surface area contributed by atoms with Crippen LogP contribution < -0.4 is 42.0 Å². The molecule has 6 aromatic heterocycles. The highest BCUT2D eigenvalue weighted by molar-refractivity contribution is 7.88. The van der Waals surface area contributed by atoms with Crippen molar-refractivity contribution in [2.45, 2.75) is 53.6 Å². The maximum atomic E-state index is 12.1. The summed E-state index contributed by atoms with van der Waals surface area (Å²) in [5.41, 5.74) is 23.2. The molecule has 0 aliphatic heterocycles. The van der Waals surface area contributed by atoms with Crippen LogP contribution in [0.2, 0.25) is 0 Å². The number of pyridine rings is 2. The maximum Gasteiger partial charge on any atom is 0.252 e. The number of primary amides is 2. The van der Waals surface area contributed by atoms with E-state index in [2.05, 4.69) is 49.4 Å². The van der Waals surface area contributed by atoms with E-state index >= 15 is 0 Å². The van der Waals surface area contributed by atoms with Gasteiger partial charge >= 0.3 is 0 Å². The lowest BCUT2D eigenvalue weighted by atomic mass is 9.85. The Morgan fingerprint density at radius 3 is 1.47 bits per heavy atom. The topological polar surface area (TPSA) is 261 Å². The van der Waals surface area contributed by atoms with Gasteiger partial charge in [-0.3, -0.25) is 9.59 Å². The molecule has 2 amide bonds. The molecule has 0 aliphatic rings. The first kappa shape index (κ1) is 44.8. The van der Waals surface area contributed by atoms with E-state index in [4.69, 9.17) is 26.7 Å². The van der Waals surface area contributed by atoms with Crippen molar-refractivity contribution in [1.82, 2.24) is 33.9 Å². The van der Waals surface area contributed by atoms with Gasteiger partial charge in [-0.2, -0.15) is 10.2 Å². The summed E-state index contributed by atoms with van der Waals surface area (Å²) in [7, 11) is -0.206. The summed E-state index contributed by atoms with van der Waals surface area (Å²) in [5.74, 6) is -0.102. The molecule has 0 aromatic carbocycles. The lowest BCUT2D eigenvalue weighted by Crippen LogP contribution is -2.43. The molecule has 0 unspecified atom stereocenters. The number of ether oxygens (including phenoxy) is 2. The second-order valence-electron chi connectivity index (χ2n) is 15.9. The monoisotopic (exact) mass is 842 g/mol. The first-order valence-electron chi connectivity index (χ1n) is 19.0. The van der Waals surface area contributed by atoms with E-state index in [-0.39, 0.29) is 29.6 Å². The highest BCUT2D eigenvalue weighted by Crippen LogP contribution is 2.33. The number of rotatable bonds is 16. The van der Waals surface area contributed by atoms with Gasteiger partial charge < -0.3 is 37.3 Å². The van der Waals surface area contributed by atoms with Gasteiger partial charge in [0.1, 0.15) is 0 Å². The van der Waals surface area contributed by atoms with Crippen molar-refractivity contribution in [3.8, 4) is 34.0 Å². The zero-order valence-corrected chi connectivity index (χ0v) is 36.1. The van der Waals surface area contributed by atoms with E-state index in [0.717, 1.165) is 34.0 Å². The number of nitrogens with one attached hydrogen (secondary N) is 3. The number of nitrogens with zero attached hydrogens (tertiary/aromatic N) is 6. The first-order chi connectivity index (χ1) is 28.2. The highest BCUT2D eigenvalue weighted by Gasteiger charge is 2.30. The minimum Gasteiger partial charge on any atom is -0.481 e. The van der Waals surface area contributed by atoms with Crippen LogP contribution in [0.25, 0.3) is 33.3 Å². The largest absolute Gasteiger partial charge is 0.481 e. The van der Waals surface area contributed by atoms with Gasteiger partial charge in [-0.1, -0.05) is 27.7 Å². The molecular weight excluding hydrogens is 789 g/mol. The molecule has 0 fully saturated rings. The lowest BCUT2D eigenvalue weighted by molar-refractivity contribution is 0.0992. The molecule has 6 aromatic rings. The molecule has 18 nitrogen and oxygen atoms in total. The molecule has 0 saturated heterocycles. The van der Waals surface area contributed by atoms with Crippen molar-refractivity contribution in [3.05, 3.63) is 84.7 Å². The number of hydrogen-bond acceptors (Lipinski definition) is 13. The van der Waals surface area contributed by atoms with Crippen LogP contribution in [0.5, 0.6) is 11.8 Å². The number of methoxy groups -OCH3 is 2. The van der Waals surface area contributed by atoms with Gasteiger partial charge in [0.25, 0.3) is 11.8 Å². The summed E-state index contributed by atoms with van der Waals surface area (Å²) in [4.78, 5) is 32.6. The van der Waals surface area contributed by atoms with Gasteiger partial charge in [0.15, 0.2) is 0 Å². The molecule has 0 saturated carbocycles. The van der Waals surface area contributed by atoms with Crippen LogP contribution in [0, 0.1) is 10.8 Å². The van der Waals surface area contributed by atoms with E-state index in [0.29, 0.717) is 40.8 Å². The Hall–Kier alpha value is -6.31. The van der Waals surface area contributed by atoms with E-state index in [1.54, 1.807) is 47.8 Å². The van der Waals surface area contributed by atoms with E-state index in [1.165, 1.54) is 12.4 Å². The molecule has 0 aliphatic carbocycles. The van der Waals surface area contributed by atoms with Crippen molar-refractivity contribution < 1.29 is 27.5 Å². The Bertz CT molecular complexity index is 2590. The Balaban J connectivity index is 0.000000230. The van der Waals surface area contributed by atoms with Crippen LogP contribution in [0.1, 0.15) is 62.3 Å². The Morgan fingerprint density at radius 1 is 0.717 bits per heavy atom. The molecule has 60 heavy (non-hydrogen) atoms. The third-order valence-electron chi connectivity index (χ3n) is 10.7. The predicted octanol–water partition coefficient (Wildman–Crippen LogP) is 4.17. The maximum absolute atomic E-state index is 12.1. The van der Waals surface area contributed by atoms with Gasteiger partial charge in [-0.15, -0.1) is 0 Å². The van der Waals surface area contributed by atoms with Gasteiger partial charge in [0.2, 0.25) is 21.8 Å². The van der Waals surface area contributed by atoms with Crippen LogP contribution in [-0.4, -0.2) is 95.1 Å². The van der Waals surface area contributed by atoms with Gasteiger partial charge in [-0.25, -0.2) is 32.1 Å². The van der Waals surface area contributed by atoms with Gasteiger partial charge in [-0.05, 0) is 55.5 Å². The van der Waals surface area contributed by atoms with Crippen molar-refractivity contribution >= 4 is 44.2 Å². The van der Waals surface area contributed by atoms with E-state index < -0.39 is 27.3 Å². The summed E-state index contributed by atoms with van der Waals surface area (Å²) >= 11 is 0. The van der Waals surface area contributed by atoms with Crippen LogP contribution in [0.15, 0.2) is 73.6 Å². The predicted molar refractivity (Wildman–Crippen MR) is 233 cm³/mol. The Labute approximate surface area is 349 Å². The van der Waals surface area contributed by atoms with Crippen molar-refractivity contribution in [2.75, 3.05) is 44.2 Å². The number of nitrogens with two attached hydrogens (primary N) is 3. The summed E-state index contributed by atoms with van der Waals surface area (Å²) in [6, 6.07) is 11.0. The zero-order chi connectivity index (χ0) is 44.2. The summed E-state index contributed by atoms with van der Waals surface area (Å²) < 4.78 is 39.2.